The second kappa shape index (κ2) is 8.12. The lowest BCUT2D eigenvalue weighted by Gasteiger charge is -2.23. The Balaban J connectivity index is 1.59. The quantitative estimate of drug-likeness (QED) is 0.778. The Kier molecular flexibility index (Phi) is 6.47. The molecule has 0 radical (unpaired) electrons. The molecule has 1 heterocycles. The summed E-state index contributed by atoms with van der Waals surface area (Å²) >= 11 is 1.88. The van der Waals surface area contributed by atoms with Crippen LogP contribution < -0.4 is 10.6 Å². The first kappa shape index (κ1) is 15.1. The highest BCUT2D eigenvalue weighted by Gasteiger charge is 2.27. The van der Waals surface area contributed by atoms with Crippen LogP contribution in [-0.2, 0) is 9.53 Å². The summed E-state index contributed by atoms with van der Waals surface area (Å²) in [6.45, 7) is 2.63. The third kappa shape index (κ3) is 4.97. The van der Waals surface area contributed by atoms with Crippen LogP contribution in [0.25, 0.3) is 0 Å². The van der Waals surface area contributed by atoms with Crippen molar-refractivity contribution in [2.75, 3.05) is 26.0 Å². The van der Waals surface area contributed by atoms with Crippen LogP contribution in [-0.4, -0.2) is 49.3 Å². The SMILES string of the molecule is CSC1CCCC1NC(=O)CCOC1CCNCC1. The number of carbonyl (C=O) groups excluding carboxylic acids is 1. The summed E-state index contributed by atoms with van der Waals surface area (Å²) in [5.74, 6) is 0.153. The Labute approximate surface area is 120 Å². The van der Waals surface area contributed by atoms with Gasteiger partial charge in [0, 0.05) is 17.7 Å². The number of ether oxygens (including phenoxy) is 1. The minimum absolute atomic E-state index is 0.153. The monoisotopic (exact) mass is 286 g/mol. The largest absolute Gasteiger partial charge is 0.378 e. The molecule has 0 spiro atoms. The molecule has 1 amide bonds. The number of piperidine rings is 1. The highest BCUT2D eigenvalue weighted by Crippen LogP contribution is 2.28. The van der Waals surface area contributed by atoms with Crippen LogP contribution in [0.4, 0.5) is 0 Å². The number of amides is 1. The minimum atomic E-state index is 0.153. The van der Waals surface area contributed by atoms with Gasteiger partial charge in [-0.05, 0) is 45.0 Å². The summed E-state index contributed by atoms with van der Waals surface area (Å²) in [7, 11) is 0. The number of carbonyl (C=O) groups is 1. The molecule has 2 rings (SSSR count). The second-order valence-corrected chi connectivity index (χ2v) is 6.53. The first-order valence-electron chi connectivity index (χ1n) is 7.44. The van der Waals surface area contributed by atoms with Gasteiger partial charge in [-0.2, -0.15) is 11.8 Å². The van der Waals surface area contributed by atoms with Crippen molar-refractivity contribution < 1.29 is 9.53 Å². The van der Waals surface area contributed by atoms with Crippen LogP contribution in [0, 0.1) is 0 Å². The maximum atomic E-state index is 11.9. The van der Waals surface area contributed by atoms with Gasteiger partial charge in [0.1, 0.15) is 0 Å². The molecule has 0 aromatic carbocycles. The van der Waals surface area contributed by atoms with Crippen LogP contribution >= 0.6 is 11.8 Å². The molecule has 19 heavy (non-hydrogen) atoms. The Morgan fingerprint density at radius 3 is 2.84 bits per heavy atom. The molecule has 0 aromatic rings. The van der Waals surface area contributed by atoms with Gasteiger partial charge in [0.2, 0.25) is 5.91 Å². The normalized spacial score (nSPS) is 28.5. The van der Waals surface area contributed by atoms with Gasteiger partial charge in [0.05, 0.1) is 12.7 Å². The van der Waals surface area contributed by atoms with E-state index in [9.17, 15) is 4.79 Å². The molecular formula is C14H26N2O2S. The summed E-state index contributed by atoms with van der Waals surface area (Å²) in [4.78, 5) is 11.9. The van der Waals surface area contributed by atoms with Crippen LogP contribution in [0.1, 0.15) is 38.5 Å². The summed E-state index contributed by atoms with van der Waals surface area (Å²) in [6.07, 6.45) is 8.72. The van der Waals surface area contributed by atoms with Crippen molar-refractivity contribution in [2.45, 2.75) is 55.9 Å². The van der Waals surface area contributed by atoms with Crippen molar-refractivity contribution >= 4 is 17.7 Å². The lowest BCUT2D eigenvalue weighted by molar-refractivity contribution is -0.123. The molecule has 2 aliphatic rings. The van der Waals surface area contributed by atoms with Gasteiger partial charge in [-0.1, -0.05) is 6.42 Å². The van der Waals surface area contributed by atoms with E-state index in [-0.39, 0.29) is 5.91 Å². The molecule has 2 fully saturated rings. The first-order valence-corrected chi connectivity index (χ1v) is 8.73. The molecule has 2 N–H and O–H groups in total. The highest BCUT2D eigenvalue weighted by atomic mass is 32.2. The van der Waals surface area contributed by atoms with E-state index in [2.05, 4.69) is 16.9 Å². The van der Waals surface area contributed by atoms with Crippen molar-refractivity contribution in [2.24, 2.45) is 0 Å². The fourth-order valence-electron chi connectivity index (χ4n) is 2.93. The number of hydrogen-bond acceptors (Lipinski definition) is 4. The molecule has 1 saturated heterocycles. The highest BCUT2D eigenvalue weighted by molar-refractivity contribution is 7.99. The molecule has 4 nitrogen and oxygen atoms in total. The van der Waals surface area contributed by atoms with Crippen molar-refractivity contribution in [3.05, 3.63) is 0 Å². The maximum Gasteiger partial charge on any atom is 0.222 e. The zero-order valence-electron chi connectivity index (χ0n) is 11.8. The van der Waals surface area contributed by atoms with Crippen LogP contribution in [0.3, 0.4) is 0 Å². The zero-order valence-corrected chi connectivity index (χ0v) is 12.6. The van der Waals surface area contributed by atoms with E-state index in [1.807, 2.05) is 11.8 Å². The number of thioether (sulfide) groups is 1. The molecule has 2 unspecified atom stereocenters. The lowest BCUT2D eigenvalue weighted by atomic mass is 10.1. The predicted octanol–water partition coefficient (Wildman–Crippen LogP) is 1.55. The smallest absolute Gasteiger partial charge is 0.222 e. The fourth-order valence-corrected chi connectivity index (χ4v) is 3.87. The van der Waals surface area contributed by atoms with Crippen molar-refractivity contribution in [1.29, 1.82) is 0 Å². The number of rotatable bonds is 6. The number of nitrogens with one attached hydrogen (secondary N) is 2. The van der Waals surface area contributed by atoms with E-state index < -0.39 is 0 Å². The van der Waals surface area contributed by atoms with Crippen LogP contribution in [0.2, 0.25) is 0 Å². The third-order valence-corrected chi connectivity index (χ3v) is 5.24. The van der Waals surface area contributed by atoms with Gasteiger partial charge in [-0.15, -0.1) is 0 Å². The Morgan fingerprint density at radius 1 is 1.32 bits per heavy atom. The van der Waals surface area contributed by atoms with Crippen molar-refractivity contribution in [3.8, 4) is 0 Å². The van der Waals surface area contributed by atoms with Gasteiger partial charge >= 0.3 is 0 Å². The van der Waals surface area contributed by atoms with Crippen LogP contribution in [0.15, 0.2) is 0 Å². The zero-order chi connectivity index (χ0) is 13.5. The molecule has 1 aliphatic heterocycles. The molecule has 5 heteroatoms. The standard InChI is InChI=1S/C14H26N2O2S/c1-19-13-4-2-3-12(13)16-14(17)7-10-18-11-5-8-15-9-6-11/h11-13,15H,2-10H2,1H3,(H,16,17). The Morgan fingerprint density at radius 2 is 2.11 bits per heavy atom. The molecule has 0 bridgehead atoms. The summed E-state index contributed by atoms with van der Waals surface area (Å²) in [5.41, 5.74) is 0. The van der Waals surface area contributed by atoms with E-state index >= 15 is 0 Å². The Bertz CT molecular complexity index is 283. The van der Waals surface area contributed by atoms with Crippen LogP contribution in [0.5, 0.6) is 0 Å². The van der Waals surface area contributed by atoms with Crippen molar-refractivity contribution in [1.82, 2.24) is 10.6 Å². The van der Waals surface area contributed by atoms with E-state index in [4.69, 9.17) is 4.74 Å². The number of hydrogen-bond donors (Lipinski definition) is 2. The second-order valence-electron chi connectivity index (χ2n) is 5.45. The van der Waals surface area contributed by atoms with E-state index in [0.29, 0.717) is 30.4 Å². The molecule has 110 valence electrons. The summed E-state index contributed by atoms with van der Waals surface area (Å²) in [6, 6.07) is 0.376. The molecule has 0 aromatic heterocycles. The van der Waals surface area contributed by atoms with E-state index in [1.165, 1.54) is 12.8 Å². The third-order valence-electron chi connectivity index (χ3n) is 4.07. The molecule has 1 aliphatic carbocycles. The first-order chi connectivity index (χ1) is 9.29. The molecular weight excluding hydrogens is 260 g/mol. The fraction of sp³-hybridized carbons (Fsp3) is 0.929. The summed E-state index contributed by atoms with van der Waals surface area (Å²) < 4.78 is 5.77. The van der Waals surface area contributed by atoms with Crippen molar-refractivity contribution in [3.63, 3.8) is 0 Å². The predicted molar refractivity (Wildman–Crippen MR) is 79.5 cm³/mol. The summed E-state index contributed by atoms with van der Waals surface area (Å²) in [5, 5.41) is 7.08. The average Bonchev–Trinajstić information content (AvgIpc) is 2.87. The van der Waals surface area contributed by atoms with Gasteiger partial charge in [-0.25, -0.2) is 0 Å². The van der Waals surface area contributed by atoms with Gasteiger partial charge < -0.3 is 15.4 Å². The molecule has 2 atom stereocenters. The Hall–Kier alpha value is -0.260. The van der Waals surface area contributed by atoms with Gasteiger partial charge in [0.25, 0.3) is 0 Å². The maximum absolute atomic E-state index is 11.9. The van der Waals surface area contributed by atoms with E-state index in [1.54, 1.807) is 0 Å². The molecule has 1 saturated carbocycles. The lowest BCUT2D eigenvalue weighted by Crippen LogP contribution is -2.39. The minimum Gasteiger partial charge on any atom is -0.378 e. The van der Waals surface area contributed by atoms with Gasteiger partial charge in [0.15, 0.2) is 0 Å². The average molecular weight is 286 g/mol. The topological polar surface area (TPSA) is 50.4 Å². The van der Waals surface area contributed by atoms with E-state index in [0.717, 1.165) is 32.4 Å². The van der Waals surface area contributed by atoms with Gasteiger partial charge in [-0.3, -0.25) is 4.79 Å².